The van der Waals surface area contributed by atoms with Gasteiger partial charge in [-0.2, -0.15) is 0 Å². The number of rotatable bonds is 5. The number of carbonyl (C=O) groups excluding carboxylic acids is 3. The summed E-state index contributed by atoms with van der Waals surface area (Å²) in [5.74, 6) is -1.91. The summed E-state index contributed by atoms with van der Waals surface area (Å²) in [6, 6.07) is 13.8. The van der Waals surface area contributed by atoms with Gasteiger partial charge in [-0.15, -0.1) is 0 Å². The third kappa shape index (κ3) is 4.99. The second kappa shape index (κ2) is 9.03. The molecule has 29 heavy (non-hydrogen) atoms. The summed E-state index contributed by atoms with van der Waals surface area (Å²) in [6.07, 6.45) is 3.23. The van der Waals surface area contributed by atoms with Crippen LogP contribution in [0, 0.1) is 0 Å². The number of carbonyl (C=O) groups is 3. The third-order valence-corrected chi connectivity index (χ3v) is 4.17. The van der Waals surface area contributed by atoms with E-state index < -0.39 is 23.9 Å². The van der Waals surface area contributed by atoms with Crippen LogP contribution in [0.3, 0.4) is 0 Å². The van der Waals surface area contributed by atoms with E-state index in [0.717, 1.165) is 6.08 Å². The Morgan fingerprint density at radius 1 is 1.10 bits per heavy atom. The minimum absolute atomic E-state index is 0.231. The van der Waals surface area contributed by atoms with Gasteiger partial charge in [-0.25, -0.2) is 9.78 Å². The lowest BCUT2D eigenvalue weighted by molar-refractivity contribution is -0.150. The Morgan fingerprint density at radius 2 is 1.83 bits per heavy atom. The zero-order chi connectivity index (χ0) is 20.8. The normalized spacial score (nSPS) is 11.9. The molecule has 0 aliphatic carbocycles. The molecule has 0 aliphatic heterocycles. The molecule has 0 unspecified atom stereocenters. The maximum atomic E-state index is 12.0. The summed E-state index contributed by atoms with van der Waals surface area (Å²) in [6.45, 7) is 1.39. The Kier molecular flexibility index (Phi) is 6.25. The fourth-order valence-corrected chi connectivity index (χ4v) is 2.67. The highest BCUT2D eigenvalue weighted by Gasteiger charge is 2.17. The zero-order valence-corrected chi connectivity index (χ0v) is 16.1. The average molecular weight is 413 g/mol. The number of hydrogen-bond acceptors (Lipinski definition) is 5. The van der Waals surface area contributed by atoms with Gasteiger partial charge in [-0.05, 0) is 37.3 Å². The topological polar surface area (TPSA) is 102 Å². The molecule has 0 saturated heterocycles. The number of imidazole rings is 1. The van der Waals surface area contributed by atoms with Crippen LogP contribution in [0.1, 0.15) is 23.0 Å². The largest absolute Gasteiger partial charge is 0.449 e. The van der Waals surface area contributed by atoms with Crippen LogP contribution >= 0.6 is 11.6 Å². The number of nitrogens with zero attached hydrogens (tertiary/aromatic N) is 2. The van der Waals surface area contributed by atoms with Crippen molar-refractivity contribution < 1.29 is 19.1 Å². The molecule has 3 rings (SSSR count). The van der Waals surface area contributed by atoms with Crippen LogP contribution in [-0.4, -0.2) is 33.3 Å². The molecule has 148 valence electrons. The molecule has 2 N–H and O–H groups in total. The number of benzene rings is 1. The third-order valence-electron chi connectivity index (χ3n) is 3.90. The van der Waals surface area contributed by atoms with Gasteiger partial charge in [0.25, 0.3) is 11.8 Å². The molecule has 0 spiro atoms. The zero-order valence-electron chi connectivity index (χ0n) is 15.3. The van der Waals surface area contributed by atoms with E-state index in [1.165, 1.54) is 13.0 Å². The second-order valence-corrected chi connectivity index (χ2v) is 6.30. The van der Waals surface area contributed by atoms with Gasteiger partial charge in [-0.3, -0.25) is 24.8 Å². The number of halogens is 1. The Bertz CT molecular complexity index is 1080. The predicted octanol–water partition coefficient (Wildman–Crippen LogP) is 2.39. The van der Waals surface area contributed by atoms with Crippen molar-refractivity contribution in [2.45, 2.75) is 13.0 Å². The number of aromatic nitrogens is 2. The maximum absolute atomic E-state index is 12.0. The van der Waals surface area contributed by atoms with Crippen LogP contribution in [0.5, 0.6) is 0 Å². The summed E-state index contributed by atoms with van der Waals surface area (Å²) in [4.78, 5) is 40.1. The number of pyridine rings is 1. The van der Waals surface area contributed by atoms with Crippen molar-refractivity contribution in [2.24, 2.45) is 0 Å². The molecule has 3 aromatic rings. The van der Waals surface area contributed by atoms with E-state index in [1.54, 1.807) is 53.1 Å². The van der Waals surface area contributed by atoms with E-state index in [0.29, 0.717) is 16.9 Å². The lowest BCUT2D eigenvalue weighted by Gasteiger charge is -2.13. The van der Waals surface area contributed by atoms with Gasteiger partial charge >= 0.3 is 5.97 Å². The van der Waals surface area contributed by atoms with Crippen LogP contribution in [0.15, 0.2) is 60.8 Å². The molecular weight excluding hydrogens is 396 g/mol. The number of fused-ring (bicyclic) bond motifs is 1. The molecule has 2 heterocycles. The van der Waals surface area contributed by atoms with Crippen molar-refractivity contribution in [3.05, 3.63) is 77.2 Å². The van der Waals surface area contributed by atoms with Gasteiger partial charge in [-0.1, -0.05) is 35.9 Å². The first kappa shape index (κ1) is 20.1. The number of esters is 1. The highest BCUT2D eigenvalue weighted by Crippen LogP contribution is 2.18. The minimum atomic E-state index is -1.12. The number of hydrazine groups is 1. The highest BCUT2D eigenvalue weighted by atomic mass is 35.5. The monoisotopic (exact) mass is 412 g/mol. The first-order valence-electron chi connectivity index (χ1n) is 8.62. The van der Waals surface area contributed by atoms with Crippen molar-refractivity contribution in [1.82, 2.24) is 20.2 Å². The molecule has 2 amide bonds. The van der Waals surface area contributed by atoms with Crippen molar-refractivity contribution in [3.63, 3.8) is 0 Å². The summed E-state index contributed by atoms with van der Waals surface area (Å²) in [5, 5.41) is 0.231. The van der Waals surface area contributed by atoms with E-state index in [-0.39, 0.29) is 5.15 Å². The van der Waals surface area contributed by atoms with E-state index >= 15 is 0 Å². The molecule has 1 atom stereocenters. The molecule has 9 heteroatoms. The average Bonchev–Trinajstić information content (AvgIpc) is 3.05. The van der Waals surface area contributed by atoms with Crippen molar-refractivity contribution >= 4 is 41.1 Å². The van der Waals surface area contributed by atoms with Crippen LogP contribution in [0.25, 0.3) is 11.7 Å². The molecular formula is C20H17ClN4O4. The van der Waals surface area contributed by atoms with E-state index in [1.807, 2.05) is 6.07 Å². The lowest BCUT2D eigenvalue weighted by Crippen LogP contribution is -2.46. The lowest BCUT2D eigenvalue weighted by atomic mass is 10.2. The van der Waals surface area contributed by atoms with E-state index in [9.17, 15) is 14.4 Å². The van der Waals surface area contributed by atoms with Crippen molar-refractivity contribution in [3.8, 4) is 0 Å². The summed E-state index contributed by atoms with van der Waals surface area (Å²) in [7, 11) is 0. The van der Waals surface area contributed by atoms with Gasteiger partial charge in [0.05, 0.1) is 5.69 Å². The molecule has 0 bridgehead atoms. The van der Waals surface area contributed by atoms with Crippen molar-refractivity contribution in [1.29, 1.82) is 0 Å². The van der Waals surface area contributed by atoms with Crippen LogP contribution in [-0.2, 0) is 14.3 Å². The van der Waals surface area contributed by atoms with E-state index in [2.05, 4.69) is 15.8 Å². The van der Waals surface area contributed by atoms with Crippen molar-refractivity contribution in [2.75, 3.05) is 0 Å². The Hall–Kier alpha value is -3.65. The fraction of sp³-hybridized carbons (Fsp3) is 0.100. The molecule has 0 fully saturated rings. The highest BCUT2D eigenvalue weighted by molar-refractivity contribution is 6.31. The quantitative estimate of drug-likeness (QED) is 0.380. The fourth-order valence-electron chi connectivity index (χ4n) is 2.43. The minimum Gasteiger partial charge on any atom is -0.449 e. The molecule has 1 aromatic carbocycles. The smallest absolute Gasteiger partial charge is 0.331 e. The summed E-state index contributed by atoms with van der Waals surface area (Å²) < 4.78 is 6.75. The molecule has 0 saturated carbocycles. The van der Waals surface area contributed by atoms with Crippen LogP contribution in [0.2, 0.25) is 5.15 Å². The van der Waals surface area contributed by atoms with E-state index in [4.69, 9.17) is 16.3 Å². The Balaban J connectivity index is 1.54. The molecule has 0 aliphatic rings. The Morgan fingerprint density at radius 3 is 2.59 bits per heavy atom. The summed E-state index contributed by atoms with van der Waals surface area (Å²) >= 11 is 6.09. The van der Waals surface area contributed by atoms with Gasteiger partial charge in [0, 0.05) is 17.8 Å². The molecule has 0 radical (unpaired) electrons. The van der Waals surface area contributed by atoms with Crippen LogP contribution in [0.4, 0.5) is 0 Å². The van der Waals surface area contributed by atoms with Gasteiger partial charge in [0.15, 0.2) is 11.3 Å². The van der Waals surface area contributed by atoms with Gasteiger partial charge in [0.2, 0.25) is 0 Å². The Labute approximate surface area is 171 Å². The van der Waals surface area contributed by atoms with Crippen LogP contribution < -0.4 is 10.9 Å². The number of hydrogen-bond donors (Lipinski definition) is 2. The summed E-state index contributed by atoms with van der Waals surface area (Å²) in [5.41, 5.74) is 5.99. The standard InChI is InChI=1S/C20H17ClN4O4/c1-13(19(27)23-24-20(28)14-7-3-2-4-8-14)29-17(26)11-10-15-18(21)22-16-9-5-6-12-25(15)16/h2-13H,1H3,(H,23,27)(H,24,28)/b11-10+/t13-/m1/s1. The van der Waals surface area contributed by atoms with Gasteiger partial charge in [0.1, 0.15) is 5.65 Å². The molecule has 2 aromatic heterocycles. The first-order valence-corrected chi connectivity index (χ1v) is 9.00. The first-order chi connectivity index (χ1) is 14.0. The predicted molar refractivity (Wildman–Crippen MR) is 107 cm³/mol. The SMILES string of the molecule is C[C@@H](OC(=O)/C=C/c1c(Cl)nc2ccccn12)C(=O)NNC(=O)c1ccccc1. The second-order valence-electron chi connectivity index (χ2n) is 5.94. The number of amides is 2. The molecule has 8 nitrogen and oxygen atoms in total. The maximum Gasteiger partial charge on any atom is 0.331 e. The number of nitrogens with one attached hydrogen (secondary N) is 2. The van der Waals surface area contributed by atoms with Gasteiger partial charge < -0.3 is 4.74 Å². The number of ether oxygens (including phenoxy) is 1.